The lowest BCUT2D eigenvalue weighted by atomic mass is 9.48. The molecule has 0 heteroatoms. The predicted molar refractivity (Wildman–Crippen MR) is 108 cm³/mol. The number of hydrogen-bond acceptors (Lipinski definition) is 0. The minimum absolute atomic E-state index is 0.973. The van der Waals surface area contributed by atoms with E-state index in [9.17, 15) is 0 Å². The summed E-state index contributed by atoms with van der Waals surface area (Å²) in [5, 5.41) is 0. The molecule has 11 atom stereocenters. The molecule has 0 radical (unpaired) electrons. The molecule has 0 aliphatic heterocycles. The first-order valence-electron chi connectivity index (χ1n) is 12.0. The average molecular weight is 345 g/mol. The summed E-state index contributed by atoms with van der Waals surface area (Å²) in [6.07, 6.45) is 13.8. The van der Waals surface area contributed by atoms with Crippen molar-refractivity contribution in [3.8, 4) is 0 Å². The zero-order valence-electron chi connectivity index (χ0n) is 17.7. The van der Waals surface area contributed by atoms with Gasteiger partial charge < -0.3 is 0 Å². The fourth-order valence-electron chi connectivity index (χ4n) is 9.07. The molecule has 0 amide bonds. The zero-order valence-corrected chi connectivity index (χ0v) is 17.7. The van der Waals surface area contributed by atoms with Crippen LogP contribution in [0.15, 0.2) is 0 Å². The molecule has 0 N–H and O–H groups in total. The van der Waals surface area contributed by atoms with E-state index in [4.69, 9.17) is 0 Å². The molecule has 0 bridgehead atoms. The molecule has 0 spiro atoms. The highest BCUT2D eigenvalue weighted by atomic mass is 14.6. The van der Waals surface area contributed by atoms with Crippen LogP contribution in [0.2, 0.25) is 0 Å². The van der Waals surface area contributed by atoms with Gasteiger partial charge in [-0.15, -0.1) is 0 Å². The van der Waals surface area contributed by atoms with Crippen LogP contribution in [0.4, 0.5) is 0 Å². The number of rotatable bonds is 3. The minimum Gasteiger partial charge on any atom is -0.0654 e. The van der Waals surface area contributed by atoms with Crippen molar-refractivity contribution in [2.24, 2.45) is 65.1 Å². The summed E-state index contributed by atoms with van der Waals surface area (Å²) < 4.78 is 0. The van der Waals surface area contributed by atoms with Crippen LogP contribution in [0, 0.1) is 65.1 Å². The van der Waals surface area contributed by atoms with E-state index >= 15 is 0 Å². The summed E-state index contributed by atoms with van der Waals surface area (Å²) in [7, 11) is 0. The topological polar surface area (TPSA) is 0 Å². The van der Waals surface area contributed by atoms with Gasteiger partial charge in [-0.2, -0.15) is 0 Å². The third kappa shape index (κ3) is 3.12. The van der Waals surface area contributed by atoms with Crippen LogP contribution in [0.1, 0.15) is 92.4 Å². The maximum Gasteiger partial charge on any atom is -0.0326 e. The van der Waals surface area contributed by atoms with Crippen LogP contribution in [0.25, 0.3) is 0 Å². The van der Waals surface area contributed by atoms with Crippen molar-refractivity contribution in [3.63, 3.8) is 0 Å². The maximum absolute atomic E-state index is 2.66. The predicted octanol–water partition coefficient (Wildman–Crippen LogP) is 7.43. The Hall–Kier alpha value is 0. The lowest BCUT2D eigenvalue weighted by Crippen LogP contribution is -2.50. The Morgan fingerprint density at radius 2 is 1.48 bits per heavy atom. The Bertz CT molecular complexity index is 453. The van der Waals surface area contributed by atoms with Gasteiger partial charge in [-0.3, -0.25) is 0 Å². The van der Waals surface area contributed by atoms with E-state index in [0.29, 0.717) is 0 Å². The Kier molecular flexibility index (Phi) is 5.29. The molecule has 144 valence electrons. The minimum atomic E-state index is 0.973. The molecular weight excluding hydrogens is 300 g/mol. The average Bonchev–Trinajstić information content (AvgIpc) is 3.00. The van der Waals surface area contributed by atoms with Crippen LogP contribution < -0.4 is 0 Å². The van der Waals surface area contributed by atoms with Gasteiger partial charge in [-0.1, -0.05) is 53.9 Å². The quantitative estimate of drug-likeness (QED) is 0.499. The second-order valence-corrected chi connectivity index (χ2v) is 11.3. The van der Waals surface area contributed by atoms with E-state index in [2.05, 4.69) is 34.6 Å². The number of fused-ring (bicyclic) bond motifs is 5. The largest absolute Gasteiger partial charge is 0.0654 e. The highest BCUT2D eigenvalue weighted by molar-refractivity contribution is 5.04. The normalized spacial score (nSPS) is 53.6. The Balaban J connectivity index is 1.55. The van der Waals surface area contributed by atoms with E-state index in [1.807, 2.05) is 0 Å². The van der Waals surface area contributed by atoms with Crippen molar-refractivity contribution in [1.29, 1.82) is 0 Å². The molecule has 25 heavy (non-hydrogen) atoms. The summed E-state index contributed by atoms with van der Waals surface area (Å²) in [6, 6.07) is 0. The molecule has 0 aromatic rings. The molecule has 4 aliphatic rings. The van der Waals surface area contributed by atoms with Gasteiger partial charge in [0, 0.05) is 0 Å². The molecule has 4 fully saturated rings. The second-order valence-electron chi connectivity index (χ2n) is 11.3. The van der Waals surface area contributed by atoms with Crippen molar-refractivity contribution in [2.45, 2.75) is 92.4 Å². The molecule has 0 nitrogen and oxygen atoms in total. The smallest absolute Gasteiger partial charge is 0.0326 e. The number of hydrogen-bond donors (Lipinski definition) is 0. The van der Waals surface area contributed by atoms with Crippen LogP contribution in [0.3, 0.4) is 0 Å². The Labute approximate surface area is 157 Å². The van der Waals surface area contributed by atoms with Crippen molar-refractivity contribution >= 4 is 0 Å². The molecule has 0 aromatic carbocycles. The molecule has 4 aliphatic carbocycles. The van der Waals surface area contributed by atoms with Crippen LogP contribution in [-0.2, 0) is 0 Å². The maximum atomic E-state index is 2.66. The van der Waals surface area contributed by atoms with E-state index in [1.54, 1.807) is 38.5 Å². The zero-order chi connectivity index (χ0) is 17.7. The summed E-state index contributed by atoms with van der Waals surface area (Å²) in [5.74, 6) is 11.6. The Morgan fingerprint density at radius 3 is 2.24 bits per heavy atom. The third-order valence-corrected chi connectivity index (χ3v) is 9.77. The van der Waals surface area contributed by atoms with Gasteiger partial charge in [-0.25, -0.2) is 0 Å². The molecule has 0 saturated heterocycles. The van der Waals surface area contributed by atoms with Gasteiger partial charge in [0.15, 0.2) is 0 Å². The van der Waals surface area contributed by atoms with E-state index in [1.165, 1.54) is 19.3 Å². The SMILES string of the molecule is CCCC(C)C1CCC2C1C(C)CC1C3CCC(C)CC3CC(C)C12. The molecule has 4 saturated carbocycles. The first kappa shape index (κ1) is 18.4. The van der Waals surface area contributed by atoms with Crippen LogP contribution >= 0.6 is 0 Å². The second kappa shape index (κ2) is 7.20. The van der Waals surface area contributed by atoms with Gasteiger partial charge in [0.25, 0.3) is 0 Å². The summed E-state index contributed by atoms with van der Waals surface area (Å²) in [4.78, 5) is 0. The van der Waals surface area contributed by atoms with Gasteiger partial charge in [0.1, 0.15) is 0 Å². The molecular formula is C25H44. The summed E-state index contributed by atoms with van der Waals surface area (Å²) in [5.41, 5.74) is 0. The van der Waals surface area contributed by atoms with Crippen molar-refractivity contribution in [2.75, 3.05) is 0 Å². The Morgan fingerprint density at radius 1 is 0.760 bits per heavy atom. The van der Waals surface area contributed by atoms with Crippen LogP contribution in [0.5, 0.6) is 0 Å². The van der Waals surface area contributed by atoms with E-state index < -0.39 is 0 Å². The van der Waals surface area contributed by atoms with Gasteiger partial charge in [0.05, 0.1) is 0 Å². The van der Waals surface area contributed by atoms with Crippen molar-refractivity contribution in [3.05, 3.63) is 0 Å². The molecule has 0 aromatic heterocycles. The fraction of sp³-hybridized carbons (Fsp3) is 1.00. The highest BCUT2D eigenvalue weighted by Gasteiger charge is 2.56. The van der Waals surface area contributed by atoms with E-state index in [-0.39, 0.29) is 0 Å². The monoisotopic (exact) mass is 344 g/mol. The summed E-state index contributed by atoms with van der Waals surface area (Å²) in [6.45, 7) is 12.8. The molecule has 0 heterocycles. The van der Waals surface area contributed by atoms with Crippen molar-refractivity contribution in [1.82, 2.24) is 0 Å². The standard InChI is InChI=1S/C25H44/c1-6-7-16(3)20-10-11-22-24(20)18(5)14-23-21-9-8-15(2)12-19(21)13-17(4)25(22)23/h15-25H,6-14H2,1-5H3. The highest BCUT2D eigenvalue weighted by Crippen LogP contribution is 2.63. The summed E-state index contributed by atoms with van der Waals surface area (Å²) >= 11 is 0. The molecule has 4 rings (SSSR count). The van der Waals surface area contributed by atoms with Gasteiger partial charge >= 0.3 is 0 Å². The fourth-order valence-corrected chi connectivity index (χ4v) is 9.07. The third-order valence-electron chi connectivity index (χ3n) is 9.77. The van der Waals surface area contributed by atoms with Crippen LogP contribution in [-0.4, -0.2) is 0 Å². The van der Waals surface area contributed by atoms with E-state index in [0.717, 1.165) is 65.1 Å². The first-order chi connectivity index (χ1) is 12.0. The molecule has 11 unspecified atom stereocenters. The first-order valence-corrected chi connectivity index (χ1v) is 12.0. The van der Waals surface area contributed by atoms with Gasteiger partial charge in [0.2, 0.25) is 0 Å². The van der Waals surface area contributed by atoms with Gasteiger partial charge in [-0.05, 0) is 104 Å². The lowest BCUT2D eigenvalue weighted by Gasteiger charge is -2.57. The van der Waals surface area contributed by atoms with Crippen molar-refractivity contribution < 1.29 is 0 Å². The lowest BCUT2D eigenvalue weighted by molar-refractivity contribution is -0.0854.